The standard InChI is InChI=1S/C40H42N6O15S/c1-22-34-33(23(2)47)37(49)43(34)35(38(50)59-19-24-3-9-27(10-4-24)44(53)54)36(22)62-30-17-31(42(18-30)40(52)61-21-26-7-13-29(14-8-26)46(57)58)32(48)15-16-41-39(51)60-20-25-5-11-28(12-6-25)45(55)56/h3-14,22-23,30-34,47-48H,15-21H2,1-2H3,(H,41,51)/t22-,23-,30+,31+,32+,33-,34-/m1/s1. The molecule has 3 heterocycles. The first kappa shape index (κ1) is 44.9. The van der Waals surface area contributed by atoms with Crippen molar-refractivity contribution in [3.05, 3.63) is 130 Å². The topological polar surface area (TPSA) is 284 Å². The molecule has 0 bridgehead atoms. The molecule has 3 aliphatic heterocycles. The van der Waals surface area contributed by atoms with E-state index in [2.05, 4.69) is 5.32 Å². The number of nitro benzene ring substituents is 3. The number of aliphatic hydroxyl groups is 2. The summed E-state index contributed by atoms with van der Waals surface area (Å²) in [7, 11) is 0. The number of β-lactam (4-membered cyclic amide) rings is 1. The number of benzene rings is 3. The highest BCUT2D eigenvalue weighted by atomic mass is 32.2. The van der Waals surface area contributed by atoms with Crippen LogP contribution in [-0.4, -0.2) is 101 Å². The van der Waals surface area contributed by atoms with Gasteiger partial charge in [-0.2, -0.15) is 0 Å². The quantitative estimate of drug-likeness (QED) is 0.0544. The van der Waals surface area contributed by atoms with Gasteiger partial charge >= 0.3 is 18.2 Å². The third kappa shape index (κ3) is 10.1. The third-order valence-electron chi connectivity index (χ3n) is 10.8. The third-order valence-corrected chi connectivity index (χ3v) is 12.3. The minimum absolute atomic E-state index is 0.00990. The lowest BCUT2D eigenvalue weighted by molar-refractivity contribution is -0.385. The summed E-state index contributed by atoms with van der Waals surface area (Å²) in [6.45, 7) is 2.55. The van der Waals surface area contributed by atoms with E-state index in [4.69, 9.17) is 14.2 Å². The van der Waals surface area contributed by atoms with Crippen LogP contribution < -0.4 is 5.32 Å². The van der Waals surface area contributed by atoms with Crippen molar-refractivity contribution in [2.45, 2.75) is 76.1 Å². The lowest BCUT2D eigenvalue weighted by Gasteiger charge is -2.46. The van der Waals surface area contributed by atoms with Crippen molar-refractivity contribution in [1.29, 1.82) is 0 Å². The van der Waals surface area contributed by atoms with Crippen LogP contribution in [0.1, 0.15) is 43.4 Å². The van der Waals surface area contributed by atoms with E-state index in [-0.39, 0.29) is 68.5 Å². The van der Waals surface area contributed by atoms with E-state index in [0.717, 1.165) is 0 Å². The molecule has 0 aromatic heterocycles. The van der Waals surface area contributed by atoms with Crippen LogP contribution in [0, 0.1) is 42.2 Å². The molecule has 328 valence electrons. The fourth-order valence-electron chi connectivity index (χ4n) is 7.64. The summed E-state index contributed by atoms with van der Waals surface area (Å²) in [5, 5.41) is 57.1. The van der Waals surface area contributed by atoms with E-state index in [1.54, 1.807) is 0 Å². The number of fused-ring (bicyclic) bond motifs is 1. The van der Waals surface area contributed by atoms with Crippen molar-refractivity contribution in [2.24, 2.45) is 11.8 Å². The molecule has 2 saturated heterocycles. The number of esters is 1. The Hall–Kier alpha value is -6.65. The van der Waals surface area contributed by atoms with Gasteiger partial charge in [-0.1, -0.05) is 6.92 Å². The minimum atomic E-state index is -1.22. The Labute approximate surface area is 357 Å². The molecule has 7 atom stereocenters. The van der Waals surface area contributed by atoms with Gasteiger partial charge < -0.3 is 39.5 Å². The first-order valence-corrected chi connectivity index (χ1v) is 20.2. The van der Waals surface area contributed by atoms with Crippen LogP contribution in [0.25, 0.3) is 0 Å². The maximum absolute atomic E-state index is 13.8. The van der Waals surface area contributed by atoms with Crippen molar-refractivity contribution >= 4 is 52.9 Å². The Morgan fingerprint density at radius 1 is 0.806 bits per heavy atom. The van der Waals surface area contributed by atoms with Crippen molar-refractivity contribution in [3.63, 3.8) is 0 Å². The molecule has 3 aromatic rings. The molecule has 0 aliphatic carbocycles. The van der Waals surface area contributed by atoms with Gasteiger partial charge in [-0.25, -0.2) is 14.4 Å². The van der Waals surface area contributed by atoms with Crippen molar-refractivity contribution < 1.29 is 58.4 Å². The number of non-ortho nitro benzene ring substituents is 3. The van der Waals surface area contributed by atoms with E-state index in [9.17, 15) is 59.7 Å². The lowest BCUT2D eigenvalue weighted by Crippen LogP contribution is -2.63. The van der Waals surface area contributed by atoms with Crippen molar-refractivity contribution in [2.75, 3.05) is 13.1 Å². The van der Waals surface area contributed by atoms with Crippen LogP contribution in [0.3, 0.4) is 0 Å². The monoisotopic (exact) mass is 878 g/mol. The molecule has 6 rings (SSSR count). The van der Waals surface area contributed by atoms with Crippen molar-refractivity contribution in [3.8, 4) is 0 Å². The number of ether oxygens (including phenoxy) is 3. The van der Waals surface area contributed by atoms with Gasteiger partial charge in [0, 0.05) is 65.6 Å². The summed E-state index contributed by atoms with van der Waals surface area (Å²) in [5.41, 5.74) is 0.984. The summed E-state index contributed by atoms with van der Waals surface area (Å²) in [4.78, 5) is 87.9. The maximum atomic E-state index is 13.8. The Bertz CT molecular complexity index is 2240. The molecule has 62 heavy (non-hydrogen) atoms. The highest BCUT2D eigenvalue weighted by molar-refractivity contribution is 8.03. The number of aliphatic hydroxyl groups excluding tert-OH is 2. The molecule has 22 heteroatoms. The molecule has 3 aliphatic rings. The molecule has 0 unspecified atom stereocenters. The Kier molecular flexibility index (Phi) is 14.0. The summed E-state index contributed by atoms with van der Waals surface area (Å²) >= 11 is 1.22. The van der Waals surface area contributed by atoms with Crippen LogP contribution in [0.2, 0.25) is 0 Å². The van der Waals surface area contributed by atoms with Gasteiger partial charge in [-0.3, -0.25) is 35.1 Å². The molecule has 3 amide bonds. The largest absolute Gasteiger partial charge is 0.456 e. The Balaban J connectivity index is 1.16. The van der Waals surface area contributed by atoms with Gasteiger partial charge in [-0.15, -0.1) is 11.8 Å². The fourth-order valence-corrected chi connectivity index (χ4v) is 9.17. The average Bonchev–Trinajstić information content (AvgIpc) is 3.78. The number of rotatable bonds is 17. The smallest absolute Gasteiger partial charge is 0.410 e. The number of likely N-dealkylation sites (tertiary alicyclic amines) is 1. The molecular weight excluding hydrogens is 837 g/mol. The second-order valence-electron chi connectivity index (χ2n) is 14.9. The highest BCUT2D eigenvalue weighted by Crippen LogP contribution is 2.52. The average molecular weight is 879 g/mol. The second-order valence-corrected chi connectivity index (χ2v) is 16.3. The Morgan fingerprint density at radius 2 is 1.29 bits per heavy atom. The SMILES string of the molecule is C[C@@H](O)[C@H]1C(=O)N2C(C(=O)OCc3ccc([N+](=O)[O-])cc3)=C(S[C@H]3C[C@@H]([C@@H](O)CCNC(=O)OCc4ccc([N+](=O)[O-])cc4)N(C(=O)OCc4ccc([N+](=O)[O-])cc4)C3)[C@H](C)[C@H]12. The van der Waals surface area contributed by atoms with Gasteiger partial charge in [0.15, 0.2) is 0 Å². The van der Waals surface area contributed by atoms with E-state index in [1.807, 2.05) is 6.92 Å². The van der Waals surface area contributed by atoms with Crippen LogP contribution in [0.4, 0.5) is 26.7 Å². The van der Waals surface area contributed by atoms with Crippen LogP contribution in [0.15, 0.2) is 83.4 Å². The number of hydrogen-bond acceptors (Lipinski definition) is 16. The van der Waals surface area contributed by atoms with Crippen molar-refractivity contribution in [1.82, 2.24) is 15.1 Å². The predicted octanol–water partition coefficient (Wildman–Crippen LogP) is 4.71. The van der Waals surface area contributed by atoms with E-state index in [0.29, 0.717) is 21.6 Å². The highest BCUT2D eigenvalue weighted by Gasteiger charge is 2.60. The summed E-state index contributed by atoms with van der Waals surface area (Å²) in [5.74, 6) is -2.55. The molecule has 3 aromatic carbocycles. The molecule has 0 radical (unpaired) electrons. The van der Waals surface area contributed by atoms with Crippen LogP contribution in [0.5, 0.6) is 0 Å². The molecule has 0 spiro atoms. The number of thioether (sulfide) groups is 1. The number of carbonyl (C=O) groups excluding carboxylic acids is 4. The number of alkyl carbamates (subject to hydrolysis) is 1. The molecule has 21 nitrogen and oxygen atoms in total. The van der Waals surface area contributed by atoms with Crippen LogP contribution in [-0.2, 0) is 43.6 Å². The summed E-state index contributed by atoms with van der Waals surface area (Å²) in [6.07, 6.45) is -3.74. The number of nitrogens with one attached hydrogen (secondary N) is 1. The van der Waals surface area contributed by atoms with Gasteiger partial charge in [0.05, 0.1) is 45.0 Å². The fraction of sp³-hybridized carbons (Fsp3) is 0.400. The zero-order valence-corrected chi connectivity index (χ0v) is 34.1. The number of amides is 3. The van der Waals surface area contributed by atoms with E-state index < -0.39 is 80.2 Å². The number of nitro groups is 3. The van der Waals surface area contributed by atoms with Crippen LogP contribution >= 0.6 is 11.8 Å². The molecule has 0 saturated carbocycles. The van der Waals surface area contributed by atoms with Gasteiger partial charge in [-0.05, 0) is 72.9 Å². The molecular formula is C40H42N6O15S. The zero-order chi connectivity index (χ0) is 44.8. The lowest BCUT2D eigenvalue weighted by atomic mass is 9.79. The predicted molar refractivity (Wildman–Crippen MR) is 217 cm³/mol. The van der Waals surface area contributed by atoms with E-state index >= 15 is 0 Å². The van der Waals surface area contributed by atoms with E-state index in [1.165, 1.54) is 101 Å². The van der Waals surface area contributed by atoms with Gasteiger partial charge in [0.1, 0.15) is 25.5 Å². The second kappa shape index (κ2) is 19.4. The maximum Gasteiger partial charge on any atom is 0.410 e. The first-order chi connectivity index (χ1) is 29.5. The first-order valence-electron chi connectivity index (χ1n) is 19.3. The van der Waals surface area contributed by atoms with Gasteiger partial charge in [0.25, 0.3) is 17.1 Å². The van der Waals surface area contributed by atoms with Gasteiger partial charge in [0.2, 0.25) is 5.91 Å². The summed E-state index contributed by atoms with van der Waals surface area (Å²) in [6, 6.07) is 14.8. The number of hydrogen-bond donors (Lipinski definition) is 3. The molecule has 2 fully saturated rings. The Morgan fingerprint density at radius 3 is 1.77 bits per heavy atom. The molecule has 3 N–H and O–H groups in total. The minimum Gasteiger partial charge on any atom is -0.456 e. The number of carbonyl (C=O) groups is 4. The summed E-state index contributed by atoms with van der Waals surface area (Å²) < 4.78 is 16.4. The zero-order valence-electron chi connectivity index (χ0n) is 33.3. The normalized spacial score (nSPS) is 21.4. The number of nitrogens with zero attached hydrogens (tertiary/aromatic N) is 5.